The molecule has 2 aromatic heterocycles. The summed E-state index contributed by atoms with van der Waals surface area (Å²) in [6.45, 7) is 4.01. The van der Waals surface area contributed by atoms with E-state index in [9.17, 15) is 9.18 Å². The van der Waals surface area contributed by atoms with Crippen molar-refractivity contribution in [2.75, 3.05) is 39.2 Å². The number of aromatic nitrogens is 2. The van der Waals surface area contributed by atoms with Crippen molar-refractivity contribution in [1.29, 1.82) is 0 Å². The molecule has 0 bridgehead atoms. The number of anilines is 2. The summed E-state index contributed by atoms with van der Waals surface area (Å²) in [6, 6.07) is 4.37. The van der Waals surface area contributed by atoms with Gasteiger partial charge in [0.1, 0.15) is 34.6 Å². The van der Waals surface area contributed by atoms with Gasteiger partial charge in [-0.05, 0) is 58.1 Å². The maximum Gasteiger partial charge on any atom is 0.173 e. The molecule has 0 aliphatic carbocycles. The number of fused-ring (bicyclic) bond motifs is 1. The van der Waals surface area contributed by atoms with Crippen LogP contribution in [0.25, 0.3) is 10.2 Å². The molecular weight excluding hydrogens is 443 g/mol. The van der Waals surface area contributed by atoms with Crippen molar-refractivity contribution >= 4 is 38.8 Å². The van der Waals surface area contributed by atoms with Gasteiger partial charge < -0.3 is 19.7 Å². The Kier molecular flexibility index (Phi) is 7.52. The molecular formula is C24H29FN4O3S. The van der Waals surface area contributed by atoms with E-state index in [1.165, 1.54) is 29.8 Å². The molecule has 33 heavy (non-hydrogen) atoms. The highest BCUT2D eigenvalue weighted by molar-refractivity contribution is 7.20. The molecule has 9 heteroatoms. The zero-order valence-electron chi connectivity index (χ0n) is 19.2. The number of ketones is 1. The first-order chi connectivity index (χ1) is 15.9. The Morgan fingerprint density at radius 3 is 2.94 bits per heavy atom. The van der Waals surface area contributed by atoms with Crippen LogP contribution < -0.4 is 10.1 Å². The molecule has 0 amide bonds. The summed E-state index contributed by atoms with van der Waals surface area (Å²) in [5, 5.41) is 4.09. The number of Topliss-reactive ketones (excluding diaryl/α,β-unsaturated/α-hetero) is 1. The van der Waals surface area contributed by atoms with E-state index in [0.717, 1.165) is 46.5 Å². The van der Waals surface area contributed by atoms with Gasteiger partial charge in [-0.2, -0.15) is 0 Å². The van der Waals surface area contributed by atoms with E-state index >= 15 is 0 Å². The van der Waals surface area contributed by atoms with Crippen molar-refractivity contribution in [3.63, 3.8) is 0 Å². The molecule has 1 fully saturated rings. The lowest BCUT2D eigenvalue weighted by Gasteiger charge is -2.17. The van der Waals surface area contributed by atoms with Crippen LogP contribution in [0.3, 0.4) is 0 Å². The molecule has 1 N–H and O–H groups in total. The lowest BCUT2D eigenvalue weighted by Crippen LogP contribution is -2.16. The van der Waals surface area contributed by atoms with Crippen LogP contribution in [0, 0.1) is 12.7 Å². The van der Waals surface area contributed by atoms with Crippen LogP contribution in [0.4, 0.5) is 15.9 Å². The number of thiophene rings is 1. The highest BCUT2D eigenvalue weighted by atomic mass is 32.1. The second-order valence-corrected chi connectivity index (χ2v) is 9.51. The van der Waals surface area contributed by atoms with Crippen molar-refractivity contribution in [2.45, 2.75) is 38.7 Å². The van der Waals surface area contributed by atoms with E-state index in [4.69, 9.17) is 9.47 Å². The van der Waals surface area contributed by atoms with Gasteiger partial charge in [0.2, 0.25) is 0 Å². The van der Waals surface area contributed by atoms with Crippen LogP contribution in [-0.4, -0.2) is 60.6 Å². The van der Waals surface area contributed by atoms with Crippen LogP contribution in [0.2, 0.25) is 0 Å². The third-order valence-electron chi connectivity index (χ3n) is 5.62. The molecule has 1 atom stereocenters. The normalized spacial score (nSPS) is 16.0. The molecule has 3 heterocycles. The van der Waals surface area contributed by atoms with E-state index in [1.54, 1.807) is 6.07 Å². The standard InChI is InChI=1S/C24H29FN4O3S/c1-15-21-23(28-18-8-7-16(25)12-20(18)32-17-9-11-31-13-17)26-14-27-24(21)33-22(15)19(30)6-4-5-10-29(2)3/h7-8,12,14,17H,4-6,9-11,13H2,1-3H3,(H,26,27,28)/t17-/m0/s1. The average Bonchev–Trinajstić information content (AvgIpc) is 3.41. The van der Waals surface area contributed by atoms with Gasteiger partial charge in [0.25, 0.3) is 0 Å². The van der Waals surface area contributed by atoms with Gasteiger partial charge in [0.05, 0.1) is 29.2 Å². The van der Waals surface area contributed by atoms with Crippen LogP contribution in [0.1, 0.15) is 40.9 Å². The Bertz CT molecular complexity index is 1130. The van der Waals surface area contributed by atoms with Gasteiger partial charge >= 0.3 is 0 Å². The van der Waals surface area contributed by atoms with Gasteiger partial charge in [0.15, 0.2) is 5.78 Å². The molecule has 1 aliphatic rings. The highest BCUT2D eigenvalue weighted by Crippen LogP contribution is 2.37. The van der Waals surface area contributed by atoms with E-state index in [-0.39, 0.29) is 17.7 Å². The first-order valence-electron chi connectivity index (χ1n) is 11.2. The number of nitrogens with one attached hydrogen (secondary N) is 1. The van der Waals surface area contributed by atoms with E-state index in [0.29, 0.717) is 36.9 Å². The third-order valence-corrected chi connectivity index (χ3v) is 6.86. The quantitative estimate of drug-likeness (QED) is 0.330. The summed E-state index contributed by atoms with van der Waals surface area (Å²) in [6.07, 6.45) is 4.46. The number of carbonyl (C=O) groups excluding carboxylic acids is 1. The maximum atomic E-state index is 13.9. The third kappa shape index (κ3) is 5.66. The van der Waals surface area contributed by atoms with Crippen molar-refractivity contribution < 1.29 is 18.7 Å². The number of nitrogens with zero attached hydrogens (tertiary/aromatic N) is 3. The van der Waals surface area contributed by atoms with Crippen LogP contribution >= 0.6 is 11.3 Å². The molecule has 4 rings (SSSR count). The van der Waals surface area contributed by atoms with E-state index in [2.05, 4.69) is 20.2 Å². The van der Waals surface area contributed by atoms with Crippen molar-refractivity contribution in [3.05, 3.63) is 40.8 Å². The SMILES string of the molecule is Cc1c(C(=O)CCCCN(C)C)sc2ncnc(Nc3ccc(F)cc3O[C@H]3CCOC3)c12. The maximum absolute atomic E-state index is 13.9. The lowest BCUT2D eigenvalue weighted by molar-refractivity contribution is 0.0982. The number of ether oxygens (including phenoxy) is 2. The molecule has 176 valence electrons. The van der Waals surface area contributed by atoms with Gasteiger partial charge in [-0.15, -0.1) is 11.3 Å². The molecule has 7 nitrogen and oxygen atoms in total. The fraction of sp³-hybridized carbons (Fsp3) is 0.458. The fourth-order valence-corrected chi connectivity index (χ4v) is 4.99. The summed E-state index contributed by atoms with van der Waals surface area (Å²) >= 11 is 1.40. The first-order valence-corrected chi connectivity index (χ1v) is 12.0. The molecule has 0 radical (unpaired) electrons. The summed E-state index contributed by atoms with van der Waals surface area (Å²) < 4.78 is 25.3. The average molecular weight is 473 g/mol. The fourth-order valence-electron chi connectivity index (χ4n) is 3.87. The number of unbranched alkanes of at least 4 members (excludes halogenated alkanes) is 1. The van der Waals surface area contributed by atoms with E-state index in [1.807, 2.05) is 21.0 Å². The summed E-state index contributed by atoms with van der Waals surface area (Å²) in [5.74, 6) is 0.727. The summed E-state index contributed by atoms with van der Waals surface area (Å²) in [5.41, 5.74) is 1.47. The minimum atomic E-state index is -0.379. The monoisotopic (exact) mass is 472 g/mol. The van der Waals surface area contributed by atoms with Crippen LogP contribution in [0.15, 0.2) is 24.5 Å². The molecule has 1 saturated heterocycles. The topological polar surface area (TPSA) is 76.6 Å². The number of aryl methyl sites for hydroxylation is 1. The number of rotatable bonds is 10. The number of halogens is 1. The second-order valence-electron chi connectivity index (χ2n) is 8.51. The molecule has 0 spiro atoms. The van der Waals surface area contributed by atoms with Crippen molar-refractivity contribution in [3.8, 4) is 5.75 Å². The summed E-state index contributed by atoms with van der Waals surface area (Å²) in [4.78, 5) is 25.3. The zero-order chi connectivity index (χ0) is 23.4. The smallest absolute Gasteiger partial charge is 0.173 e. The molecule has 0 unspecified atom stereocenters. The van der Waals surface area contributed by atoms with Gasteiger partial charge in [-0.1, -0.05) is 0 Å². The number of hydrogen-bond acceptors (Lipinski definition) is 8. The molecule has 0 saturated carbocycles. The zero-order valence-corrected chi connectivity index (χ0v) is 20.0. The van der Waals surface area contributed by atoms with Crippen molar-refractivity contribution in [2.24, 2.45) is 0 Å². The first kappa shape index (κ1) is 23.5. The van der Waals surface area contributed by atoms with Crippen molar-refractivity contribution in [1.82, 2.24) is 14.9 Å². The number of hydrogen-bond donors (Lipinski definition) is 1. The van der Waals surface area contributed by atoms with Crippen LogP contribution in [-0.2, 0) is 4.74 Å². The van der Waals surface area contributed by atoms with Gasteiger partial charge in [-0.3, -0.25) is 4.79 Å². The number of benzene rings is 1. The molecule has 1 aliphatic heterocycles. The summed E-state index contributed by atoms with van der Waals surface area (Å²) in [7, 11) is 4.06. The van der Waals surface area contributed by atoms with Gasteiger partial charge in [-0.25, -0.2) is 14.4 Å². The van der Waals surface area contributed by atoms with Crippen LogP contribution in [0.5, 0.6) is 5.75 Å². The second kappa shape index (κ2) is 10.5. The highest BCUT2D eigenvalue weighted by Gasteiger charge is 2.22. The van der Waals surface area contributed by atoms with Gasteiger partial charge in [0, 0.05) is 18.9 Å². The largest absolute Gasteiger partial charge is 0.486 e. The van der Waals surface area contributed by atoms with E-state index < -0.39 is 0 Å². The molecule has 3 aromatic rings. The Morgan fingerprint density at radius 1 is 1.33 bits per heavy atom. The minimum Gasteiger partial charge on any atom is -0.486 e. The number of carbonyl (C=O) groups is 1. The Hall–Kier alpha value is -2.62. The Labute approximate surface area is 196 Å². The minimum absolute atomic E-state index is 0.114. The lowest BCUT2D eigenvalue weighted by atomic mass is 10.1. The predicted octanol–water partition coefficient (Wildman–Crippen LogP) is 4.96. The predicted molar refractivity (Wildman–Crippen MR) is 128 cm³/mol. The molecule has 1 aromatic carbocycles. The Morgan fingerprint density at radius 2 is 2.18 bits per heavy atom. The Balaban J connectivity index is 1.57.